The molecule has 3 nitrogen and oxygen atoms in total. The van der Waals surface area contributed by atoms with Gasteiger partial charge in [0.15, 0.2) is 0 Å². The second-order valence-electron chi connectivity index (χ2n) is 6.40. The predicted molar refractivity (Wildman–Crippen MR) is 99.2 cm³/mol. The highest BCUT2D eigenvalue weighted by atomic mass is 16.5. The smallest absolute Gasteiger partial charge is 0.232 e. The number of ether oxygens (including phenoxy) is 1. The lowest BCUT2D eigenvalue weighted by Crippen LogP contribution is -2.14. The van der Waals surface area contributed by atoms with E-state index in [-0.39, 0.29) is 11.8 Å². The molecule has 1 N–H and O–H groups in total. The summed E-state index contributed by atoms with van der Waals surface area (Å²) >= 11 is 0. The van der Waals surface area contributed by atoms with Crippen LogP contribution in [0.3, 0.4) is 0 Å². The Kier molecular flexibility index (Phi) is 3.98. The van der Waals surface area contributed by atoms with Crippen molar-refractivity contribution in [3.63, 3.8) is 0 Å². The minimum absolute atomic E-state index is 0.0648. The monoisotopic (exact) mass is 329 g/mol. The molecule has 1 atom stereocenters. The van der Waals surface area contributed by atoms with Crippen LogP contribution >= 0.6 is 0 Å². The molecule has 1 aliphatic heterocycles. The molecule has 0 aromatic heterocycles. The Labute approximate surface area is 147 Å². The zero-order chi connectivity index (χ0) is 17.2. The van der Waals surface area contributed by atoms with Gasteiger partial charge in [-0.25, -0.2) is 0 Å². The van der Waals surface area contributed by atoms with Gasteiger partial charge in [0.2, 0.25) is 5.91 Å². The fourth-order valence-corrected chi connectivity index (χ4v) is 3.24. The van der Waals surface area contributed by atoms with Gasteiger partial charge in [-0.15, -0.1) is 0 Å². The van der Waals surface area contributed by atoms with Crippen LogP contribution in [-0.2, 0) is 11.2 Å². The third kappa shape index (κ3) is 3.26. The maximum atomic E-state index is 12.4. The lowest BCUT2D eigenvalue weighted by Gasteiger charge is -2.11. The SMILES string of the molecule is Cc1ccc2c(c1)C(Cc1cccc(Oc3ccccc3)c1)C(=O)N2. The van der Waals surface area contributed by atoms with Crippen LogP contribution in [0.25, 0.3) is 0 Å². The second kappa shape index (κ2) is 6.44. The highest BCUT2D eigenvalue weighted by Gasteiger charge is 2.30. The molecule has 3 aromatic rings. The number of nitrogens with one attached hydrogen (secondary N) is 1. The van der Waals surface area contributed by atoms with E-state index in [9.17, 15) is 4.79 Å². The third-order valence-electron chi connectivity index (χ3n) is 4.47. The van der Waals surface area contributed by atoms with Gasteiger partial charge < -0.3 is 10.1 Å². The minimum Gasteiger partial charge on any atom is -0.457 e. The van der Waals surface area contributed by atoms with E-state index in [0.29, 0.717) is 6.42 Å². The molecule has 0 spiro atoms. The standard InChI is InChI=1S/C22H19NO2/c1-15-10-11-21-19(12-15)20(22(24)23-21)14-16-6-5-9-18(13-16)25-17-7-3-2-4-8-17/h2-13,20H,14H2,1H3,(H,23,24). The Morgan fingerprint density at radius 2 is 1.72 bits per heavy atom. The third-order valence-corrected chi connectivity index (χ3v) is 4.47. The van der Waals surface area contributed by atoms with Crippen molar-refractivity contribution in [2.45, 2.75) is 19.3 Å². The number of hydrogen-bond acceptors (Lipinski definition) is 2. The van der Waals surface area contributed by atoms with Crippen LogP contribution < -0.4 is 10.1 Å². The fraction of sp³-hybridized carbons (Fsp3) is 0.136. The van der Waals surface area contributed by atoms with Gasteiger partial charge in [-0.05, 0) is 54.8 Å². The van der Waals surface area contributed by atoms with Gasteiger partial charge in [-0.1, -0.05) is 48.0 Å². The van der Waals surface area contributed by atoms with Crippen molar-refractivity contribution in [1.82, 2.24) is 0 Å². The van der Waals surface area contributed by atoms with Gasteiger partial charge in [0.1, 0.15) is 11.5 Å². The Balaban J connectivity index is 1.57. The van der Waals surface area contributed by atoms with Crippen LogP contribution in [0.2, 0.25) is 0 Å². The number of benzene rings is 3. The topological polar surface area (TPSA) is 38.3 Å². The van der Waals surface area contributed by atoms with Gasteiger partial charge in [0, 0.05) is 5.69 Å². The number of rotatable bonds is 4. The summed E-state index contributed by atoms with van der Waals surface area (Å²) in [5.74, 6) is 1.50. The first-order valence-corrected chi connectivity index (χ1v) is 8.42. The summed E-state index contributed by atoms with van der Waals surface area (Å²) in [6.07, 6.45) is 0.661. The number of amides is 1. The average molecular weight is 329 g/mol. The molecular weight excluding hydrogens is 310 g/mol. The van der Waals surface area contributed by atoms with Crippen LogP contribution in [0, 0.1) is 6.92 Å². The maximum absolute atomic E-state index is 12.4. The van der Waals surface area contributed by atoms with Crippen LogP contribution in [0.15, 0.2) is 72.8 Å². The molecule has 124 valence electrons. The summed E-state index contributed by atoms with van der Waals surface area (Å²) in [6, 6.07) is 23.8. The molecular formula is C22H19NO2. The van der Waals surface area contributed by atoms with E-state index in [0.717, 1.165) is 28.3 Å². The van der Waals surface area contributed by atoms with Crippen LogP contribution in [0.4, 0.5) is 5.69 Å². The first-order valence-electron chi connectivity index (χ1n) is 8.42. The zero-order valence-corrected chi connectivity index (χ0v) is 14.0. The lowest BCUT2D eigenvalue weighted by atomic mass is 9.92. The van der Waals surface area contributed by atoms with Crippen molar-refractivity contribution in [3.05, 3.63) is 89.5 Å². The van der Waals surface area contributed by atoms with Gasteiger partial charge >= 0.3 is 0 Å². The Hall–Kier alpha value is -3.07. The molecule has 1 unspecified atom stereocenters. The van der Waals surface area contributed by atoms with E-state index in [1.165, 1.54) is 5.56 Å². The van der Waals surface area contributed by atoms with Crippen molar-refractivity contribution in [1.29, 1.82) is 0 Å². The first-order chi connectivity index (χ1) is 12.2. The van der Waals surface area contributed by atoms with Crippen molar-refractivity contribution >= 4 is 11.6 Å². The van der Waals surface area contributed by atoms with E-state index < -0.39 is 0 Å². The van der Waals surface area contributed by atoms with Crippen LogP contribution in [0.5, 0.6) is 11.5 Å². The number of carbonyl (C=O) groups is 1. The van der Waals surface area contributed by atoms with E-state index in [1.807, 2.05) is 66.7 Å². The molecule has 1 heterocycles. The number of carbonyl (C=O) groups excluding carboxylic acids is 1. The zero-order valence-electron chi connectivity index (χ0n) is 14.0. The maximum Gasteiger partial charge on any atom is 0.232 e. The van der Waals surface area contributed by atoms with Gasteiger partial charge in [0.05, 0.1) is 5.92 Å². The molecule has 1 aliphatic rings. The normalized spacial score (nSPS) is 15.6. The van der Waals surface area contributed by atoms with Crippen molar-refractivity contribution in [2.24, 2.45) is 0 Å². The number of anilines is 1. The Bertz CT molecular complexity index is 918. The summed E-state index contributed by atoms with van der Waals surface area (Å²) in [5.41, 5.74) is 4.26. The van der Waals surface area contributed by atoms with Crippen LogP contribution in [0.1, 0.15) is 22.6 Å². The molecule has 4 rings (SSSR count). The van der Waals surface area contributed by atoms with E-state index >= 15 is 0 Å². The van der Waals surface area contributed by atoms with E-state index in [2.05, 4.69) is 18.3 Å². The molecule has 0 saturated heterocycles. The molecule has 0 aliphatic carbocycles. The summed E-state index contributed by atoms with van der Waals surface area (Å²) < 4.78 is 5.90. The quantitative estimate of drug-likeness (QED) is 0.726. The molecule has 0 radical (unpaired) electrons. The number of para-hydroxylation sites is 1. The number of fused-ring (bicyclic) bond motifs is 1. The van der Waals surface area contributed by atoms with Gasteiger partial charge in [-0.2, -0.15) is 0 Å². The van der Waals surface area contributed by atoms with Crippen molar-refractivity contribution in [3.8, 4) is 11.5 Å². The summed E-state index contributed by atoms with van der Waals surface area (Å²) in [4.78, 5) is 12.4. The van der Waals surface area contributed by atoms with Gasteiger partial charge in [-0.3, -0.25) is 4.79 Å². The lowest BCUT2D eigenvalue weighted by molar-refractivity contribution is -0.117. The second-order valence-corrected chi connectivity index (χ2v) is 6.40. The molecule has 25 heavy (non-hydrogen) atoms. The van der Waals surface area contributed by atoms with Gasteiger partial charge in [0.25, 0.3) is 0 Å². The molecule has 3 heteroatoms. The Morgan fingerprint density at radius 3 is 2.56 bits per heavy atom. The van der Waals surface area contributed by atoms with Crippen LogP contribution in [-0.4, -0.2) is 5.91 Å². The van der Waals surface area contributed by atoms with Crippen molar-refractivity contribution in [2.75, 3.05) is 5.32 Å². The summed E-state index contributed by atoms with van der Waals surface area (Å²) in [7, 11) is 0. The van der Waals surface area contributed by atoms with Crippen molar-refractivity contribution < 1.29 is 9.53 Å². The average Bonchev–Trinajstić information content (AvgIpc) is 2.91. The van der Waals surface area contributed by atoms with E-state index in [1.54, 1.807) is 0 Å². The van der Waals surface area contributed by atoms with E-state index in [4.69, 9.17) is 4.74 Å². The first kappa shape index (κ1) is 15.5. The Morgan fingerprint density at radius 1 is 0.920 bits per heavy atom. The summed E-state index contributed by atoms with van der Waals surface area (Å²) in [6.45, 7) is 2.05. The molecule has 0 fully saturated rings. The number of hydrogen-bond donors (Lipinski definition) is 1. The molecule has 0 saturated carbocycles. The molecule has 3 aromatic carbocycles. The fourth-order valence-electron chi connectivity index (χ4n) is 3.24. The number of aryl methyl sites for hydroxylation is 1. The summed E-state index contributed by atoms with van der Waals surface area (Å²) in [5, 5.41) is 2.98. The predicted octanol–water partition coefficient (Wildman–Crippen LogP) is 5.07. The highest BCUT2D eigenvalue weighted by molar-refractivity contribution is 6.03. The highest BCUT2D eigenvalue weighted by Crippen LogP contribution is 2.36. The largest absolute Gasteiger partial charge is 0.457 e. The molecule has 1 amide bonds. The minimum atomic E-state index is -0.151. The molecule has 0 bridgehead atoms.